The quantitative estimate of drug-likeness (QED) is 0.327. The maximum Gasteiger partial charge on any atom is 0.235 e. The van der Waals surface area contributed by atoms with Crippen molar-refractivity contribution in [3.8, 4) is 11.4 Å². The molecule has 1 aromatic carbocycles. The van der Waals surface area contributed by atoms with E-state index in [4.69, 9.17) is 0 Å². The highest BCUT2D eigenvalue weighted by molar-refractivity contribution is 14.1. The Hall–Kier alpha value is -2.88. The highest BCUT2D eigenvalue weighted by atomic mass is 127. The van der Waals surface area contributed by atoms with Gasteiger partial charge in [0, 0.05) is 23.7 Å². The van der Waals surface area contributed by atoms with Crippen molar-refractivity contribution in [3.05, 3.63) is 75.3 Å². The third kappa shape index (κ3) is 2.97. The molecule has 0 saturated carbocycles. The Bertz CT molecular complexity index is 1330. The van der Waals surface area contributed by atoms with Gasteiger partial charge in [0.05, 0.1) is 23.5 Å². The normalized spacial score (nSPS) is 14.7. The number of halogens is 2. The van der Waals surface area contributed by atoms with Gasteiger partial charge in [-0.05, 0) is 59.7 Å². The van der Waals surface area contributed by atoms with Gasteiger partial charge >= 0.3 is 0 Å². The van der Waals surface area contributed by atoms with Crippen LogP contribution in [0, 0.1) is 9.52 Å². The number of hydrogen-bond donors (Lipinski definition) is 1. The molecule has 0 bridgehead atoms. The van der Waals surface area contributed by atoms with Crippen LogP contribution in [0.1, 0.15) is 30.5 Å². The van der Waals surface area contributed by atoms with E-state index in [0.717, 1.165) is 25.9 Å². The number of nitrogens with one attached hydrogen (secondary N) is 1. The number of rotatable bonds is 3. The Morgan fingerprint density at radius 3 is 2.80 bits per heavy atom. The molecular weight excluding hydrogens is 496 g/mol. The molecule has 0 unspecified atom stereocenters. The lowest BCUT2D eigenvalue weighted by molar-refractivity contribution is -0.119. The van der Waals surface area contributed by atoms with Crippen molar-refractivity contribution in [2.24, 2.45) is 0 Å². The number of anilines is 1. The van der Waals surface area contributed by atoms with Crippen molar-refractivity contribution in [1.82, 2.24) is 19.4 Å². The number of fused-ring (bicyclic) bond motifs is 2. The van der Waals surface area contributed by atoms with Crippen LogP contribution in [0.2, 0.25) is 0 Å². The number of nitrogens with zero attached hydrogens (tertiary/aromatic N) is 4. The van der Waals surface area contributed by atoms with Crippen molar-refractivity contribution in [3.63, 3.8) is 0 Å². The molecule has 0 saturated heterocycles. The summed E-state index contributed by atoms with van der Waals surface area (Å²) < 4.78 is 16.9. The number of benzene rings is 1. The van der Waals surface area contributed by atoms with Crippen LogP contribution in [0.5, 0.6) is 0 Å². The average molecular weight is 513 g/mol. The van der Waals surface area contributed by atoms with Gasteiger partial charge in [0.1, 0.15) is 15.3 Å². The summed E-state index contributed by atoms with van der Waals surface area (Å²) in [6.07, 6.45) is 5.78. The number of carbonyl (C=O) groups excluding carboxylic acids is 1. The van der Waals surface area contributed by atoms with E-state index in [9.17, 15) is 9.18 Å². The molecule has 0 aliphatic carbocycles. The van der Waals surface area contributed by atoms with Crippen molar-refractivity contribution in [2.45, 2.75) is 25.7 Å². The summed E-state index contributed by atoms with van der Waals surface area (Å²) >= 11 is 2.15. The maximum absolute atomic E-state index is 14.2. The van der Waals surface area contributed by atoms with Gasteiger partial charge in [0.15, 0.2) is 5.82 Å². The van der Waals surface area contributed by atoms with E-state index in [-0.39, 0.29) is 11.7 Å². The smallest absolute Gasteiger partial charge is 0.235 e. The second-order valence-corrected chi connectivity index (χ2v) is 8.87. The summed E-state index contributed by atoms with van der Waals surface area (Å²) in [5.41, 5.74) is 3.33. The topological polar surface area (TPSA) is 72.2 Å². The lowest BCUT2D eigenvalue weighted by Crippen LogP contribution is -2.27. The number of aromatic nitrogens is 4. The molecule has 1 aliphatic heterocycles. The van der Waals surface area contributed by atoms with E-state index < -0.39 is 5.41 Å². The maximum atomic E-state index is 14.2. The van der Waals surface area contributed by atoms with E-state index in [1.807, 2.05) is 36.6 Å². The standard InChI is InChI=1S/C22H17FIN5O/c1-22(2)17-18(24)26-19(27-20(17)28-21(22)30)14-8-13(16-9-25-11-29(16)10-14)7-12-5-3-4-6-15(12)23/h3-6,8-11H,7H2,1-2H3,(H,26,27,28,30). The fourth-order valence-electron chi connectivity index (χ4n) is 3.80. The predicted molar refractivity (Wildman–Crippen MR) is 120 cm³/mol. The molecule has 0 radical (unpaired) electrons. The third-order valence-corrected chi connectivity index (χ3v) is 6.27. The first kappa shape index (κ1) is 19.1. The molecule has 30 heavy (non-hydrogen) atoms. The largest absolute Gasteiger partial charge is 0.310 e. The zero-order valence-electron chi connectivity index (χ0n) is 16.3. The van der Waals surface area contributed by atoms with Crippen LogP contribution in [-0.4, -0.2) is 25.3 Å². The lowest BCUT2D eigenvalue weighted by atomic mass is 9.88. The van der Waals surface area contributed by atoms with Crippen molar-refractivity contribution >= 4 is 39.8 Å². The summed E-state index contributed by atoms with van der Waals surface area (Å²) in [5, 5.41) is 2.87. The van der Waals surface area contributed by atoms with Gasteiger partial charge in [-0.3, -0.25) is 4.79 Å². The van der Waals surface area contributed by atoms with E-state index >= 15 is 0 Å². The Morgan fingerprint density at radius 1 is 1.20 bits per heavy atom. The molecule has 4 heterocycles. The first-order valence-electron chi connectivity index (χ1n) is 9.42. The van der Waals surface area contributed by atoms with Gasteiger partial charge in [-0.2, -0.15) is 0 Å². The Labute approximate surface area is 185 Å². The van der Waals surface area contributed by atoms with Crippen LogP contribution in [0.25, 0.3) is 16.9 Å². The number of hydrogen-bond acceptors (Lipinski definition) is 4. The molecule has 3 aromatic heterocycles. The van der Waals surface area contributed by atoms with E-state index in [1.54, 1.807) is 24.7 Å². The zero-order valence-corrected chi connectivity index (χ0v) is 18.4. The molecule has 0 atom stereocenters. The van der Waals surface area contributed by atoms with Crippen LogP contribution in [0.4, 0.5) is 10.2 Å². The Kier molecular flexibility index (Phi) is 4.35. The van der Waals surface area contributed by atoms with Crippen LogP contribution >= 0.6 is 22.6 Å². The molecule has 1 N–H and O–H groups in total. The molecule has 6 nitrogen and oxygen atoms in total. The lowest BCUT2D eigenvalue weighted by Gasteiger charge is -2.16. The number of carbonyl (C=O) groups is 1. The average Bonchev–Trinajstić information content (AvgIpc) is 3.26. The monoisotopic (exact) mass is 513 g/mol. The summed E-state index contributed by atoms with van der Waals surface area (Å²) in [6, 6.07) is 8.71. The van der Waals surface area contributed by atoms with E-state index in [2.05, 4.69) is 42.9 Å². The van der Waals surface area contributed by atoms with E-state index in [0.29, 0.717) is 23.6 Å². The van der Waals surface area contributed by atoms with Crippen molar-refractivity contribution in [2.75, 3.05) is 5.32 Å². The van der Waals surface area contributed by atoms with Gasteiger partial charge in [-0.25, -0.2) is 19.3 Å². The van der Waals surface area contributed by atoms with Gasteiger partial charge < -0.3 is 9.72 Å². The summed E-state index contributed by atoms with van der Waals surface area (Å²) in [7, 11) is 0. The van der Waals surface area contributed by atoms with Gasteiger partial charge in [-0.1, -0.05) is 18.2 Å². The molecule has 1 amide bonds. The second-order valence-electron chi connectivity index (χ2n) is 7.85. The van der Waals surface area contributed by atoms with Crippen LogP contribution in [-0.2, 0) is 16.6 Å². The summed E-state index contributed by atoms with van der Waals surface area (Å²) in [5.74, 6) is 0.711. The molecule has 150 valence electrons. The number of amides is 1. The minimum Gasteiger partial charge on any atom is -0.310 e. The molecule has 5 rings (SSSR count). The fraction of sp³-hybridized carbons (Fsp3) is 0.182. The SMILES string of the molecule is CC1(C)C(=O)Nc2nc(-c3cc(Cc4ccccc4F)c4cncn4c3)nc(I)c21. The van der Waals surface area contributed by atoms with Gasteiger partial charge in [-0.15, -0.1) is 0 Å². The molecular formula is C22H17FIN5O. The molecule has 8 heteroatoms. The summed E-state index contributed by atoms with van der Waals surface area (Å²) in [4.78, 5) is 25.9. The third-order valence-electron chi connectivity index (χ3n) is 5.49. The van der Waals surface area contributed by atoms with Gasteiger partial charge in [0.2, 0.25) is 5.91 Å². The Balaban J connectivity index is 1.65. The van der Waals surface area contributed by atoms with E-state index in [1.165, 1.54) is 6.07 Å². The zero-order chi connectivity index (χ0) is 21.0. The molecule has 4 aromatic rings. The minimum atomic E-state index is -0.672. The van der Waals surface area contributed by atoms with Crippen LogP contribution < -0.4 is 5.32 Å². The first-order valence-corrected chi connectivity index (χ1v) is 10.5. The highest BCUT2D eigenvalue weighted by Crippen LogP contribution is 2.39. The minimum absolute atomic E-state index is 0.0906. The van der Waals surface area contributed by atoms with Gasteiger partial charge in [0.25, 0.3) is 0 Å². The van der Waals surface area contributed by atoms with Crippen LogP contribution in [0.15, 0.2) is 49.1 Å². The van der Waals surface area contributed by atoms with Crippen molar-refractivity contribution in [1.29, 1.82) is 0 Å². The summed E-state index contributed by atoms with van der Waals surface area (Å²) in [6.45, 7) is 3.73. The fourth-order valence-corrected chi connectivity index (χ4v) is 4.96. The molecule has 0 fully saturated rings. The molecule has 0 spiro atoms. The highest BCUT2D eigenvalue weighted by Gasteiger charge is 2.42. The Morgan fingerprint density at radius 2 is 2.00 bits per heavy atom. The first-order chi connectivity index (χ1) is 14.3. The van der Waals surface area contributed by atoms with Crippen LogP contribution in [0.3, 0.4) is 0 Å². The second kappa shape index (κ2) is 6.83. The molecule has 1 aliphatic rings. The number of pyridine rings is 1. The predicted octanol–water partition coefficient (Wildman–Crippen LogP) is 4.36. The number of imidazole rings is 1. The van der Waals surface area contributed by atoms with Crippen molar-refractivity contribution < 1.29 is 9.18 Å².